The first-order valence-electron chi connectivity index (χ1n) is 11.9. The molecule has 4 rings (SSSR count). The third-order valence-corrected chi connectivity index (χ3v) is 10.4. The number of aliphatic hydroxyl groups excluding tert-OH is 2. The molecule has 4 aliphatic rings. The van der Waals surface area contributed by atoms with Crippen molar-refractivity contribution < 1.29 is 20.1 Å². The fourth-order valence-corrected chi connectivity index (χ4v) is 8.74. The molecule has 166 valence electrons. The van der Waals surface area contributed by atoms with Crippen LogP contribution in [0.3, 0.4) is 0 Å². The molecule has 0 spiro atoms. The van der Waals surface area contributed by atoms with E-state index < -0.39 is 5.97 Å². The van der Waals surface area contributed by atoms with Crippen molar-refractivity contribution >= 4 is 5.97 Å². The second-order valence-electron chi connectivity index (χ2n) is 11.5. The second-order valence-corrected chi connectivity index (χ2v) is 11.5. The van der Waals surface area contributed by atoms with E-state index in [-0.39, 0.29) is 47.3 Å². The Morgan fingerprint density at radius 3 is 2.52 bits per heavy atom. The fraction of sp³-hybridized carbons (Fsp3) is 0.958. The Morgan fingerprint density at radius 2 is 1.83 bits per heavy atom. The van der Waals surface area contributed by atoms with Crippen molar-refractivity contribution in [1.82, 2.24) is 0 Å². The maximum absolute atomic E-state index is 11.5. The van der Waals surface area contributed by atoms with Crippen molar-refractivity contribution in [3.05, 3.63) is 0 Å². The zero-order chi connectivity index (χ0) is 21.1. The Hall–Kier alpha value is -0.650. The molecular weight excluding hydrogens is 366 g/mol. The average Bonchev–Trinajstić information content (AvgIpc) is 3.01. The summed E-state index contributed by atoms with van der Waals surface area (Å²) >= 11 is 0. The Balaban J connectivity index is 1.61. The Kier molecular flexibility index (Phi) is 5.57. The van der Waals surface area contributed by atoms with Crippen molar-refractivity contribution in [2.24, 2.45) is 52.1 Å². The molecule has 0 bridgehead atoms. The molecule has 4 aliphatic carbocycles. The van der Waals surface area contributed by atoms with Gasteiger partial charge in [0.05, 0.1) is 12.2 Å². The Morgan fingerprint density at radius 1 is 1.10 bits per heavy atom. The van der Waals surface area contributed by atoms with Gasteiger partial charge in [-0.2, -0.15) is 0 Å². The van der Waals surface area contributed by atoms with Crippen molar-refractivity contribution in [2.45, 2.75) is 96.8 Å². The van der Waals surface area contributed by atoms with E-state index in [1.54, 1.807) is 0 Å². The minimum Gasteiger partial charge on any atom is -0.481 e. The second kappa shape index (κ2) is 7.49. The van der Waals surface area contributed by atoms with Gasteiger partial charge in [-0.05, 0) is 97.7 Å². The monoisotopic (exact) mass is 407 g/mol. The molecule has 4 saturated carbocycles. The smallest absolute Gasteiger partial charge is 0.303 e. The summed E-state index contributed by atoms with van der Waals surface area (Å²) in [6.07, 6.45) is 7.09. The van der Waals surface area contributed by atoms with Crippen molar-refractivity contribution in [1.29, 1.82) is 0 Å². The summed E-state index contributed by atoms with van der Waals surface area (Å²) in [7, 11) is 0. The first-order chi connectivity index (χ1) is 13.6. The molecule has 0 radical (unpaired) electrons. The zero-order valence-corrected chi connectivity index (χ0v) is 18.4. The summed E-state index contributed by atoms with van der Waals surface area (Å²) in [5.41, 5.74) is 6.24. The lowest BCUT2D eigenvalue weighted by atomic mass is 9.43. The summed E-state index contributed by atoms with van der Waals surface area (Å²) in [5.74, 6) is 1.30. The number of hydrogen-bond donors (Lipinski definition) is 4. The van der Waals surface area contributed by atoms with Crippen LogP contribution in [0.1, 0.15) is 78.6 Å². The van der Waals surface area contributed by atoms with E-state index in [2.05, 4.69) is 20.8 Å². The van der Waals surface area contributed by atoms with Crippen LogP contribution in [-0.4, -0.2) is 39.5 Å². The van der Waals surface area contributed by atoms with Crippen LogP contribution in [0.25, 0.3) is 0 Å². The van der Waals surface area contributed by atoms with Crippen molar-refractivity contribution in [3.63, 3.8) is 0 Å². The number of nitrogens with two attached hydrogens (primary N) is 1. The summed E-state index contributed by atoms with van der Waals surface area (Å²) in [4.78, 5) is 11.1. The number of aliphatic carboxylic acids is 1. The van der Waals surface area contributed by atoms with E-state index in [1.165, 1.54) is 0 Å². The maximum Gasteiger partial charge on any atom is 0.303 e. The molecule has 5 N–H and O–H groups in total. The molecule has 0 saturated heterocycles. The van der Waals surface area contributed by atoms with E-state index in [4.69, 9.17) is 10.8 Å². The van der Waals surface area contributed by atoms with Gasteiger partial charge in [0, 0.05) is 12.5 Å². The first-order valence-corrected chi connectivity index (χ1v) is 11.9. The molecule has 0 amide bonds. The van der Waals surface area contributed by atoms with Gasteiger partial charge in [0.1, 0.15) is 0 Å². The summed E-state index contributed by atoms with van der Waals surface area (Å²) in [5, 5.41) is 31.9. The molecule has 11 atom stereocenters. The van der Waals surface area contributed by atoms with Gasteiger partial charge in [-0.15, -0.1) is 0 Å². The van der Waals surface area contributed by atoms with Crippen LogP contribution >= 0.6 is 0 Å². The molecule has 0 heterocycles. The molecule has 4 fully saturated rings. The number of aliphatic hydroxyl groups is 2. The van der Waals surface area contributed by atoms with E-state index >= 15 is 0 Å². The molecule has 5 nitrogen and oxygen atoms in total. The quantitative estimate of drug-likeness (QED) is 0.572. The van der Waals surface area contributed by atoms with Gasteiger partial charge >= 0.3 is 5.97 Å². The van der Waals surface area contributed by atoms with Gasteiger partial charge in [0.2, 0.25) is 0 Å². The van der Waals surface area contributed by atoms with Crippen molar-refractivity contribution in [3.8, 4) is 0 Å². The molecule has 0 aromatic carbocycles. The fourth-order valence-electron chi connectivity index (χ4n) is 8.74. The lowest BCUT2D eigenvalue weighted by Crippen LogP contribution is -2.62. The van der Waals surface area contributed by atoms with Crippen LogP contribution in [-0.2, 0) is 4.79 Å². The van der Waals surface area contributed by atoms with Gasteiger partial charge in [-0.25, -0.2) is 0 Å². The number of carbonyl (C=O) groups is 1. The minimum atomic E-state index is -0.738. The molecule has 4 unspecified atom stereocenters. The molecule has 0 aliphatic heterocycles. The Labute approximate surface area is 175 Å². The summed E-state index contributed by atoms with van der Waals surface area (Å²) < 4.78 is 0. The topological polar surface area (TPSA) is 104 Å². The van der Waals surface area contributed by atoms with Gasteiger partial charge in [0.15, 0.2) is 0 Å². The minimum absolute atomic E-state index is 0.176. The lowest BCUT2D eigenvalue weighted by Gasteiger charge is -2.63. The Bertz CT molecular complexity index is 640. The third kappa shape index (κ3) is 3.27. The number of hydrogen-bond acceptors (Lipinski definition) is 4. The van der Waals surface area contributed by atoms with Crippen LogP contribution in [0.2, 0.25) is 0 Å². The average molecular weight is 408 g/mol. The van der Waals surface area contributed by atoms with Gasteiger partial charge in [-0.3, -0.25) is 4.79 Å². The van der Waals surface area contributed by atoms with E-state index in [0.717, 1.165) is 44.9 Å². The zero-order valence-electron chi connectivity index (χ0n) is 18.4. The first kappa shape index (κ1) is 21.6. The third-order valence-electron chi connectivity index (χ3n) is 10.4. The van der Waals surface area contributed by atoms with E-state index in [0.29, 0.717) is 30.1 Å². The predicted octanol–water partition coefficient (Wildman–Crippen LogP) is 3.42. The maximum atomic E-state index is 11.5. The molecule has 5 heteroatoms. The van der Waals surface area contributed by atoms with Gasteiger partial charge in [0.25, 0.3) is 0 Å². The highest BCUT2D eigenvalue weighted by molar-refractivity contribution is 5.66. The SMILES string of the molecule is C[C@H](CCC(=O)O)[C@H]1CCC2C3C(C[C@H](O)[C@@]21C)[C@@]1(C)CC[C@H](N)CC1C[C@H]3O. The van der Waals surface area contributed by atoms with Crippen LogP contribution in [0.15, 0.2) is 0 Å². The molecular formula is C24H41NO4. The summed E-state index contributed by atoms with van der Waals surface area (Å²) in [6.45, 7) is 6.81. The largest absolute Gasteiger partial charge is 0.481 e. The van der Waals surface area contributed by atoms with Crippen LogP contribution in [0.4, 0.5) is 0 Å². The summed E-state index contributed by atoms with van der Waals surface area (Å²) in [6, 6.07) is 0.251. The molecule has 0 aromatic heterocycles. The number of rotatable bonds is 4. The van der Waals surface area contributed by atoms with E-state index in [9.17, 15) is 15.0 Å². The molecule has 0 aromatic rings. The van der Waals surface area contributed by atoms with Gasteiger partial charge in [-0.1, -0.05) is 20.8 Å². The normalized spacial score (nSPS) is 52.9. The molecule has 29 heavy (non-hydrogen) atoms. The highest BCUT2D eigenvalue weighted by Crippen LogP contribution is 2.68. The number of fused-ring (bicyclic) bond motifs is 5. The lowest BCUT2D eigenvalue weighted by molar-refractivity contribution is -0.202. The number of carboxylic acid groups (broad SMARTS) is 1. The van der Waals surface area contributed by atoms with Crippen LogP contribution in [0, 0.1) is 46.3 Å². The predicted molar refractivity (Wildman–Crippen MR) is 112 cm³/mol. The van der Waals surface area contributed by atoms with Crippen LogP contribution < -0.4 is 5.73 Å². The van der Waals surface area contributed by atoms with Crippen LogP contribution in [0.5, 0.6) is 0 Å². The highest BCUT2D eigenvalue weighted by atomic mass is 16.4. The van der Waals surface area contributed by atoms with Crippen molar-refractivity contribution in [2.75, 3.05) is 0 Å². The van der Waals surface area contributed by atoms with Gasteiger partial charge < -0.3 is 21.1 Å². The number of carboxylic acids is 1. The highest BCUT2D eigenvalue weighted by Gasteiger charge is 2.65. The van der Waals surface area contributed by atoms with E-state index in [1.807, 2.05) is 0 Å². The standard InChI is InChI=1S/C24H41NO4/c1-13(4-7-21(28)29)16-5-6-17-22-18(12-20(27)24(16,17)3)23(2)9-8-15(25)10-14(23)11-19(22)26/h13-20,22,26-27H,4-12,25H2,1-3H3,(H,28,29)/t13-,14?,15+,16-,17?,18?,19-,20+,22?,23+,24-/m1/s1.